The Morgan fingerprint density at radius 2 is 2.00 bits per heavy atom. The van der Waals surface area contributed by atoms with E-state index in [0.717, 1.165) is 28.6 Å². The largest absolute Gasteiger partial charge is 0.308 e. The van der Waals surface area contributed by atoms with Crippen LogP contribution in [0.2, 0.25) is 0 Å². The molecule has 1 aromatic heterocycles. The van der Waals surface area contributed by atoms with Gasteiger partial charge in [0.1, 0.15) is 11.6 Å². The summed E-state index contributed by atoms with van der Waals surface area (Å²) in [6, 6.07) is 12.0. The van der Waals surface area contributed by atoms with Gasteiger partial charge in [0.05, 0.1) is 10.9 Å². The first-order chi connectivity index (χ1) is 9.86. The number of anilines is 1. The van der Waals surface area contributed by atoms with Crippen LogP contribution in [0.1, 0.15) is 11.1 Å². The summed E-state index contributed by atoms with van der Waals surface area (Å²) < 4.78 is 0. The average molecular weight is 304 g/mol. The summed E-state index contributed by atoms with van der Waals surface area (Å²) in [4.78, 5) is 9.25. The number of hydrogen-bond acceptors (Lipinski definition) is 6. The van der Waals surface area contributed by atoms with Crippen molar-refractivity contribution in [3.8, 4) is 11.3 Å². The van der Waals surface area contributed by atoms with Crippen LogP contribution in [0, 0.1) is 0 Å². The van der Waals surface area contributed by atoms with Gasteiger partial charge in [-0.05, 0) is 0 Å². The Morgan fingerprint density at radius 3 is 2.70 bits per heavy atom. The molecule has 4 nitrogen and oxygen atoms in total. The second kappa shape index (κ2) is 6.47. The van der Waals surface area contributed by atoms with Crippen LogP contribution in [0.4, 0.5) is 5.82 Å². The predicted molar refractivity (Wildman–Crippen MR) is 87.8 cm³/mol. The molecule has 3 N–H and O–H groups in total. The van der Waals surface area contributed by atoms with Crippen LogP contribution in [0.5, 0.6) is 0 Å². The van der Waals surface area contributed by atoms with Gasteiger partial charge in [-0.15, -0.1) is 11.8 Å². The molecule has 1 aliphatic rings. The quantitative estimate of drug-likeness (QED) is 0.671. The number of hydrogen-bond donors (Lipinski definition) is 2. The van der Waals surface area contributed by atoms with Crippen molar-refractivity contribution in [2.45, 2.75) is 5.25 Å². The summed E-state index contributed by atoms with van der Waals surface area (Å²) in [5.74, 6) is 10.5. The summed E-state index contributed by atoms with van der Waals surface area (Å²) in [5, 5.41) is 0.351. The number of nitrogens with one attached hydrogen (secondary N) is 1. The van der Waals surface area contributed by atoms with E-state index in [0.29, 0.717) is 11.1 Å². The monoisotopic (exact) mass is 304 g/mol. The normalized spacial score (nSPS) is 18.8. The molecule has 1 saturated heterocycles. The molecule has 1 unspecified atom stereocenters. The molecular formula is C14H16N4S2. The molecule has 0 radical (unpaired) electrons. The third kappa shape index (κ3) is 3.08. The lowest BCUT2D eigenvalue weighted by Crippen LogP contribution is -2.14. The summed E-state index contributed by atoms with van der Waals surface area (Å²) in [7, 11) is 0. The predicted octanol–water partition coefficient (Wildman–Crippen LogP) is 2.95. The SMILES string of the molecule is NNc1cc(-c2ccccc2)nc(C2CSCCS2)n1. The molecule has 0 bridgehead atoms. The molecule has 0 saturated carbocycles. The number of thioether (sulfide) groups is 2. The highest BCUT2D eigenvalue weighted by Gasteiger charge is 2.20. The summed E-state index contributed by atoms with van der Waals surface area (Å²) >= 11 is 3.89. The standard InChI is InChI=1S/C14H16N4S2/c15-18-13-8-11(10-4-2-1-3-5-10)16-14(17-13)12-9-19-6-7-20-12/h1-5,8,12H,6-7,9,15H2,(H,16,17,18). The van der Waals surface area contributed by atoms with E-state index >= 15 is 0 Å². The van der Waals surface area contributed by atoms with Crippen LogP contribution in [0.3, 0.4) is 0 Å². The van der Waals surface area contributed by atoms with Crippen molar-refractivity contribution >= 4 is 29.3 Å². The Balaban J connectivity index is 1.98. The van der Waals surface area contributed by atoms with Crippen molar-refractivity contribution < 1.29 is 0 Å². The molecule has 1 aromatic carbocycles. The molecule has 3 rings (SSSR count). The van der Waals surface area contributed by atoms with Gasteiger partial charge < -0.3 is 5.43 Å². The lowest BCUT2D eigenvalue weighted by atomic mass is 10.1. The number of nitrogens with two attached hydrogens (primary N) is 1. The van der Waals surface area contributed by atoms with Gasteiger partial charge in [0, 0.05) is 28.9 Å². The number of rotatable bonds is 3. The van der Waals surface area contributed by atoms with Crippen molar-refractivity contribution in [3.63, 3.8) is 0 Å². The summed E-state index contributed by atoms with van der Waals surface area (Å²) in [5.41, 5.74) is 4.65. The lowest BCUT2D eigenvalue weighted by Gasteiger charge is -2.20. The number of hydrazine groups is 1. The molecular weight excluding hydrogens is 288 g/mol. The summed E-state index contributed by atoms with van der Waals surface area (Å²) in [6.07, 6.45) is 0. The van der Waals surface area contributed by atoms with E-state index in [4.69, 9.17) is 10.8 Å². The fourth-order valence-electron chi connectivity index (χ4n) is 2.08. The van der Waals surface area contributed by atoms with Gasteiger partial charge in [-0.3, -0.25) is 0 Å². The highest BCUT2D eigenvalue weighted by atomic mass is 32.2. The van der Waals surface area contributed by atoms with E-state index in [9.17, 15) is 0 Å². The minimum Gasteiger partial charge on any atom is -0.308 e. The highest BCUT2D eigenvalue weighted by Crippen LogP contribution is 2.36. The van der Waals surface area contributed by atoms with E-state index in [1.807, 2.05) is 47.8 Å². The van der Waals surface area contributed by atoms with E-state index < -0.39 is 0 Å². The second-order valence-electron chi connectivity index (χ2n) is 4.44. The zero-order chi connectivity index (χ0) is 13.8. The maximum atomic E-state index is 5.54. The molecule has 0 spiro atoms. The molecule has 6 heteroatoms. The first-order valence-corrected chi connectivity index (χ1v) is 8.67. The van der Waals surface area contributed by atoms with Crippen molar-refractivity contribution in [3.05, 3.63) is 42.2 Å². The number of nitrogens with zero attached hydrogens (tertiary/aromatic N) is 2. The van der Waals surface area contributed by atoms with Crippen molar-refractivity contribution in [1.82, 2.24) is 9.97 Å². The molecule has 0 aliphatic carbocycles. The third-order valence-corrected chi connectivity index (χ3v) is 5.82. The zero-order valence-corrected chi connectivity index (χ0v) is 12.6. The minimum absolute atomic E-state index is 0.351. The van der Waals surface area contributed by atoms with Crippen LogP contribution in [-0.4, -0.2) is 27.2 Å². The van der Waals surface area contributed by atoms with E-state index in [1.54, 1.807) is 0 Å². The topological polar surface area (TPSA) is 63.8 Å². The van der Waals surface area contributed by atoms with E-state index in [-0.39, 0.29) is 0 Å². The number of benzene rings is 1. The molecule has 2 aromatic rings. The average Bonchev–Trinajstić information content (AvgIpc) is 2.56. The van der Waals surface area contributed by atoms with E-state index in [2.05, 4.69) is 22.5 Å². The smallest absolute Gasteiger partial charge is 0.145 e. The molecule has 2 heterocycles. The number of nitrogen functional groups attached to an aromatic ring is 1. The molecule has 1 aliphatic heterocycles. The molecule has 104 valence electrons. The van der Waals surface area contributed by atoms with Gasteiger partial charge in [0.2, 0.25) is 0 Å². The van der Waals surface area contributed by atoms with Gasteiger partial charge in [-0.25, -0.2) is 15.8 Å². The van der Waals surface area contributed by atoms with Crippen LogP contribution in [0.25, 0.3) is 11.3 Å². The fourth-order valence-corrected chi connectivity index (χ4v) is 4.68. The number of aromatic nitrogens is 2. The zero-order valence-electron chi connectivity index (χ0n) is 11.0. The molecule has 0 amide bonds. The minimum atomic E-state index is 0.351. The first-order valence-electron chi connectivity index (χ1n) is 6.47. The van der Waals surface area contributed by atoms with Gasteiger partial charge in [-0.2, -0.15) is 11.8 Å². The summed E-state index contributed by atoms with van der Waals surface area (Å²) in [6.45, 7) is 0. The van der Waals surface area contributed by atoms with Crippen LogP contribution in [0.15, 0.2) is 36.4 Å². The second-order valence-corrected chi connectivity index (χ2v) is 6.90. The highest BCUT2D eigenvalue weighted by molar-refractivity contribution is 8.06. The lowest BCUT2D eigenvalue weighted by molar-refractivity contribution is 0.926. The fraction of sp³-hybridized carbons (Fsp3) is 0.286. The Labute approximate surface area is 126 Å². The maximum absolute atomic E-state index is 5.54. The Kier molecular flexibility index (Phi) is 4.44. The van der Waals surface area contributed by atoms with Crippen LogP contribution < -0.4 is 11.3 Å². The molecule has 1 atom stereocenters. The van der Waals surface area contributed by atoms with Crippen molar-refractivity contribution in [2.75, 3.05) is 22.7 Å². The third-order valence-electron chi connectivity index (χ3n) is 3.06. The van der Waals surface area contributed by atoms with Crippen LogP contribution >= 0.6 is 23.5 Å². The van der Waals surface area contributed by atoms with Gasteiger partial charge in [0.25, 0.3) is 0 Å². The van der Waals surface area contributed by atoms with Crippen molar-refractivity contribution in [1.29, 1.82) is 0 Å². The van der Waals surface area contributed by atoms with Gasteiger partial charge in [0.15, 0.2) is 0 Å². The maximum Gasteiger partial charge on any atom is 0.145 e. The van der Waals surface area contributed by atoms with E-state index in [1.165, 1.54) is 5.75 Å². The van der Waals surface area contributed by atoms with Crippen LogP contribution in [-0.2, 0) is 0 Å². The Morgan fingerprint density at radius 1 is 1.15 bits per heavy atom. The van der Waals surface area contributed by atoms with Gasteiger partial charge >= 0.3 is 0 Å². The van der Waals surface area contributed by atoms with Gasteiger partial charge in [-0.1, -0.05) is 30.3 Å². The van der Waals surface area contributed by atoms with Crippen molar-refractivity contribution in [2.24, 2.45) is 5.84 Å². The molecule has 1 fully saturated rings. The Bertz CT molecular complexity index is 571. The first kappa shape index (κ1) is 13.7. The Hall–Kier alpha value is -1.24. The molecule has 20 heavy (non-hydrogen) atoms.